The summed E-state index contributed by atoms with van der Waals surface area (Å²) in [6.07, 6.45) is 2.28. The Balaban J connectivity index is 0. The molecule has 0 aliphatic carbocycles. The van der Waals surface area contributed by atoms with Crippen LogP contribution in [0.3, 0.4) is 0 Å². The maximum Gasteiger partial charge on any atom is -0.0678 e. The fraction of sp³-hybridized carbons (Fsp3) is 0.750. The van der Waals surface area contributed by atoms with E-state index >= 15 is 0 Å². The third-order valence-electron chi connectivity index (χ3n) is 0.354. The first kappa shape index (κ1) is 12.8. The minimum Gasteiger partial charge on any atom is -0.343 e. The quantitative estimate of drug-likeness (QED) is 0.495. The average Bonchev–Trinajstić information content (AvgIpc) is 1.65. The van der Waals surface area contributed by atoms with Gasteiger partial charge in [-0.05, 0) is 0 Å². The minimum atomic E-state index is -0.896. The summed E-state index contributed by atoms with van der Waals surface area (Å²) in [4.78, 5) is 0. The van der Waals surface area contributed by atoms with Crippen LogP contribution >= 0.6 is 39.5 Å². The Labute approximate surface area is 76.8 Å². The minimum absolute atomic E-state index is 0.896. The molecule has 0 unspecified atom stereocenters. The molecule has 0 heterocycles. The van der Waals surface area contributed by atoms with Crippen LogP contribution in [-0.2, 0) is 11.6 Å². The molecule has 0 saturated heterocycles. The standard InChI is InChI=1S/C4H9.3BrH.Ti/c1-3-4-2;;;;/h1,3-4H2,2H3;3*1H;/q-1;;;;+4/p-3. The fourth-order valence-electron chi connectivity index (χ4n) is 0. The van der Waals surface area contributed by atoms with E-state index in [9.17, 15) is 0 Å². The monoisotopic (exact) mass is 342 g/mol. The van der Waals surface area contributed by atoms with Crippen LogP contribution in [0, 0.1) is 6.92 Å². The Bertz CT molecular complexity index is 27.7. The van der Waals surface area contributed by atoms with Crippen LogP contribution in [0.2, 0.25) is 0 Å². The molecule has 0 rings (SSSR count). The molecule has 0 aromatic carbocycles. The second-order valence-corrected chi connectivity index (χ2v) is 24.7. The Morgan fingerprint density at radius 2 is 1.50 bits per heavy atom. The molecule has 0 aliphatic heterocycles. The predicted molar refractivity (Wildman–Crippen MR) is 47.0 cm³/mol. The number of halogens is 3. The summed E-state index contributed by atoms with van der Waals surface area (Å²) in [5.41, 5.74) is 0. The SMILES string of the molecule is [Br][Ti+]([Br])[Br].[CH2-]CCC. The van der Waals surface area contributed by atoms with E-state index in [1.54, 1.807) is 0 Å². The van der Waals surface area contributed by atoms with Crippen molar-refractivity contribution in [2.75, 3.05) is 0 Å². The van der Waals surface area contributed by atoms with Gasteiger partial charge in [0.15, 0.2) is 0 Å². The molecule has 0 aromatic heterocycles. The van der Waals surface area contributed by atoms with Gasteiger partial charge < -0.3 is 6.92 Å². The topological polar surface area (TPSA) is 0 Å². The predicted octanol–water partition coefficient (Wildman–Crippen LogP) is 4.15. The molecule has 0 saturated carbocycles. The van der Waals surface area contributed by atoms with Gasteiger partial charge in [-0.15, -0.1) is 0 Å². The zero-order valence-electron chi connectivity index (χ0n) is 4.76. The average molecular weight is 345 g/mol. The summed E-state index contributed by atoms with van der Waals surface area (Å²) in [6, 6.07) is 0. The van der Waals surface area contributed by atoms with E-state index in [-0.39, 0.29) is 0 Å². The summed E-state index contributed by atoms with van der Waals surface area (Å²) in [5, 5.41) is 0. The molecule has 8 heavy (non-hydrogen) atoms. The molecular weight excluding hydrogens is 336 g/mol. The maximum absolute atomic E-state index is 3.60. The molecule has 50 valence electrons. The van der Waals surface area contributed by atoms with Crippen molar-refractivity contribution in [1.29, 1.82) is 0 Å². The Morgan fingerprint density at radius 1 is 1.38 bits per heavy atom. The molecule has 0 nitrogen and oxygen atoms in total. The smallest absolute Gasteiger partial charge is 0.0678 e. The van der Waals surface area contributed by atoms with Gasteiger partial charge in [-0.25, -0.2) is 0 Å². The zero-order chi connectivity index (χ0) is 6.99. The van der Waals surface area contributed by atoms with Crippen molar-refractivity contribution < 1.29 is 11.6 Å². The van der Waals surface area contributed by atoms with Gasteiger partial charge in [0.2, 0.25) is 0 Å². The van der Waals surface area contributed by atoms with Gasteiger partial charge in [-0.3, -0.25) is 0 Å². The Hall–Kier alpha value is 2.15. The normalized spacial score (nSPS) is 7.12. The molecule has 4 heteroatoms. The van der Waals surface area contributed by atoms with Crippen molar-refractivity contribution in [1.82, 2.24) is 0 Å². The number of hydrogen-bond donors (Lipinski definition) is 0. The van der Waals surface area contributed by atoms with E-state index in [0.717, 1.165) is 6.42 Å². The van der Waals surface area contributed by atoms with Gasteiger partial charge in [0, 0.05) is 0 Å². The molecule has 0 aromatic rings. The van der Waals surface area contributed by atoms with E-state index in [4.69, 9.17) is 0 Å². The maximum atomic E-state index is 3.60. The Morgan fingerprint density at radius 3 is 1.50 bits per heavy atom. The summed E-state index contributed by atoms with van der Waals surface area (Å²) >= 11 is 8.92. The second-order valence-electron chi connectivity index (χ2n) is 1.07. The van der Waals surface area contributed by atoms with E-state index < -0.39 is 11.6 Å². The molecule has 0 atom stereocenters. The third-order valence-corrected chi connectivity index (χ3v) is 0.354. The molecule has 0 bridgehead atoms. The summed E-state index contributed by atoms with van der Waals surface area (Å²) < 4.78 is 0. The van der Waals surface area contributed by atoms with E-state index in [1.165, 1.54) is 6.42 Å². The van der Waals surface area contributed by atoms with Crippen molar-refractivity contribution >= 4 is 39.5 Å². The van der Waals surface area contributed by atoms with E-state index in [1.807, 2.05) is 0 Å². The van der Waals surface area contributed by atoms with Crippen molar-refractivity contribution in [3.63, 3.8) is 0 Å². The summed E-state index contributed by atoms with van der Waals surface area (Å²) in [7, 11) is 0. The van der Waals surface area contributed by atoms with Gasteiger partial charge in [-0.1, -0.05) is 13.3 Å². The van der Waals surface area contributed by atoms with Gasteiger partial charge in [0.05, 0.1) is 0 Å². The van der Waals surface area contributed by atoms with Gasteiger partial charge >= 0.3 is 51.1 Å². The molecule has 0 aliphatic rings. The molecule has 0 fully saturated rings. The van der Waals surface area contributed by atoms with Crippen LogP contribution in [0.4, 0.5) is 0 Å². The largest absolute Gasteiger partial charge is 0.343 e. The molecular formula is C4H9Br3Ti. The van der Waals surface area contributed by atoms with Crippen molar-refractivity contribution in [2.24, 2.45) is 0 Å². The number of rotatable bonds is 1. The van der Waals surface area contributed by atoms with Crippen LogP contribution in [-0.4, -0.2) is 0 Å². The van der Waals surface area contributed by atoms with Gasteiger partial charge in [-0.2, -0.15) is 6.42 Å². The summed E-state index contributed by atoms with van der Waals surface area (Å²) in [6.45, 7) is 5.72. The first-order valence-electron chi connectivity index (χ1n) is 2.27. The van der Waals surface area contributed by atoms with Crippen molar-refractivity contribution in [3.05, 3.63) is 6.92 Å². The molecule has 0 spiro atoms. The first-order valence-corrected chi connectivity index (χ1v) is 13.9. The van der Waals surface area contributed by atoms with Crippen LogP contribution in [0.15, 0.2) is 0 Å². The van der Waals surface area contributed by atoms with E-state index in [0.29, 0.717) is 0 Å². The Kier molecular flexibility index (Phi) is 19.0. The van der Waals surface area contributed by atoms with Gasteiger partial charge in [0.1, 0.15) is 0 Å². The molecule has 0 amide bonds. The van der Waals surface area contributed by atoms with Crippen LogP contribution in [0.5, 0.6) is 0 Å². The fourth-order valence-corrected chi connectivity index (χ4v) is 0. The molecule has 0 radical (unpaired) electrons. The van der Waals surface area contributed by atoms with Crippen molar-refractivity contribution in [3.8, 4) is 0 Å². The second kappa shape index (κ2) is 11.9. The first-order chi connectivity index (χ1) is 3.65. The van der Waals surface area contributed by atoms with E-state index in [2.05, 4.69) is 53.3 Å². The number of hydrogen-bond acceptors (Lipinski definition) is 0. The van der Waals surface area contributed by atoms with Crippen LogP contribution in [0.1, 0.15) is 19.8 Å². The molecule has 0 N–H and O–H groups in total. The third kappa shape index (κ3) is 41.9. The van der Waals surface area contributed by atoms with Gasteiger partial charge in [0.25, 0.3) is 0 Å². The zero-order valence-corrected chi connectivity index (χ0v) is 11.1. The summed E-state index contributed by atoms with van der Waals surface area (Å²) in [5.74, 6) is 0. The number of unbranched alkanes of at least 4 members (excludes halogenated alkanes) is 1. The van der Waals surface area contributed by atoms with Crippen molar-refractivity contribution in [2.45, 2.75) is 19.8 Å². The van der Waals surface area contributed by atoms with Crippen LogP contribution < -0.4 is 0 Å². The van der Waals surface area contributed by atoms with Crippen LogP contribution in [0.25, 0.3) is 0 Å².